The van der Waals surface area contributed by atoms with Gasteiger partial charge in [0.25, 0.3) is 5.91 Å². The summed E-state index contributed by atoms with van der Waals surface area (Å²) < 4.78 is 4.92. The van der Waals surface area contributed by atoms with Gasteiger partial charge in [-0.3, -0.25) is 14.5 Å². The molecular weight excluding hydrogens is 356 g/mol. The highest BCUT2D eigenvalue weighted by molar-refractivity contribution is 7.17. The molecule has 2 aromatic heterocycles. The fourth-order valence-electron chi connectivity index (χ4n) is 2.68. The quantitative estimate of drug-likeness (QED) is 0.780. The number of nitrogens with one attached hydrogen (secondary N) is 2. The Morgan fingerprint density at radius 1 is 1.31 bits per heavy atom. The van der Waals surface area contributed by atoms with Crippen molar-refractivity contribution in [2.45, 2.75) is 13.8 Å². The van der Waals surface area contributed by atoms with E-state index in [2.05, 4.69) is 20.8 Å². The van der Waals surface area contributed by atoms with E-state index in [9.17, 15) is 9.59 Å². The van der Waals surface area contributed by atoms with Gasteiger partial charge in [0.2, 0.25) is 5.91 Å². The Morgan fingerprint density at radius 3 is 2.73 bits per heavy atom. The minimum absolute atomic E-state index is 0.00572. The summed E-state index contributed by atoms with van der Waals surface area (Å²) >= 11 is 1.37. The molecule has 10 heteroatoms. The lowest BCUT2D eigenvalue weighted by molar-refractivity contribution is -0.117. The Balaban J connectivity index is 1.45. The number of amides is 2. The van der Waals surface area contributed by atoms with Crippen molar-refractivity contribution in [3.63, 3.8) is 0 Å². The SMILES string of the molecule is CCNc1ncc(C(=O)N2CCN(CC(=O)Nc3cc(C)on3)CC2)s1. The summed E-state index contributed by atoms with van der Waals surface area (Å²) in [7, 11) is 0. The molecule has 1 saturated heterocycles. The lowest BCUT2D eigenvalue weighted by Gasteiger charge is -2.33. The number of aryl methyl sites for hydroxylation is 1. The molecule has 26 heavy (non-hydrogen) atoms. The zero-order chi connectivity index (χ0) is 18.5. The summed E-state index contributed by atoms with van der Waals surface area (Å²) in [5.41, 5.74) is 0. The normalized spacial score (nSPS) is 15.1. The molecule has 0 radical (unpaired) electrons. The van der Waals surface area contributed by atoms with E-state index in [0.717, 1.165) is 11.7 Å². The van der Waals surface area contributed by atoms with Crippen LogP contribution in [0.5, 0.6) is 0 Å². The first kappa shape index (κ1) is 18.3. The maximum absolute atomic E-state index is 12.5. The molecule has 0 atom stereocenters. The molecule has 2 N–H and O–H groups in total. The molecule has 0 aliphatic carbocycles. The van der Waals surface area contributed by atoms with Gasteiger partial charge in [-0.2, -0.15) is 0 Å². The number of nitrogens with zero attached hydrogens (tertiary/aromatic N) is 4. The van der Waals surface area contributed by atoms with Gasteiger partial charge in [-0.1, -0.05) is 16.5 Å². The van der Waals surface area contributed by atoms with Crippen LogP contribution in [0.4, 0.5) is 10.9 Å². The third kappa shape index (κ3) is 4.58. The van der Waals surface area contributed by atoms with E-state index in [4.69, 9.17) is 4.52 Å². The minimum atomic E-state index is -0.143. The molecule has 3 heterocycles. The highest BCUT2D eigenvalue weighted by Gasteiger charge is 2.24. The van der Waals surface area contributed by atoms with Crippen LogP contribution < -0.4 is 10.6 Å². The van der Waals surface area contributed by atoms with E-state index < -0.39 is 0 Å². The molecule has 1 aliphatic heterocycles. The third-order valence-corrected chi connectivity index (χ3v) is 4.91. The summed E-state index contributed by atoms with van der Waals surface area (Å²) in [5, 5.41) is 10.3. The highest BCUT2D eigenvalue weighted by atomic mass is 32.1. The average molecular weight is 378 g/mol. The number of hydrogen-bond acceptors (Lipinski definition) is 8. The molecule has 3 rings (SSSR count). The molecule has 0 aromatic carbocycles. The van der Waals surface area contributed by atoms with E-state index in [1.165, 1.54) is 11.3 Å². The number of rotatable bonds is 6. The molecule has 0 saturated carbocycles. The largest absolute Gasteiger partial charge is 0.362 e. The van der Waals surface area contributed by atoms with Crippen molar-refractivity contribution < 1.29 is 14.1 Å². The summed E-state index contributed by atoms with van der Waals surface area (Å²) in [4.78, 5) is 33.3. The molecule has 0 spiro atoms. The van der Waals surface area contributed by atoms with Crippen molar-refractivity contribution in [2.24, 2.45) is 0 Å². The lowest BCUT2D eigenvalue weighted by atomic mass is 10.3. The van der Waals surface area contributed by atoms with Crippen LogP contribution >= 0.6 is 11.3 Å². The van der Waals surface area contributed by atoms with Crippen molar-refractivity contribution in [3.8, 4) is 0 Å². The molecule has 9 nitrogen and oxygen atoms in total. The second-order valence-electron chi connectivity index (χ2n) is 6.00. The average Bonchev–Trinajstić information content (AvgIpc) is 3.24. The number of aromatic nitrogens is 2. The van der Waals surface area contributed by atoms with Gasteiger partial charge in [0.1, 0.15) is 10.6 Å². The van der Waals surface area contributed by atoms with Crippen molar-refractivity contribution in [1.82, 2.24) is 19.9 Å². The second-order valence-corrected chi connectivity index (χ2v) is 7.03. The van der Waals surface area contributed by atoms with Crippen LogP contribution in [0.1, 0.15) is 22.4 Å². The van der Waals surface area contributed by atoms with Gasteiger partial charge in [-0.05, 0) is 13.8 Å². The molecule has 0 unspecified atom stereocenters. The van der Waals surface area contributed by atoms with Gasteiger partial charge >= 0.3 is 0 Å². The van der Waals surface area contributed by atoms with Crippen LogP contribution in [0.2, 0.25) is 0 Å². The van der Waals surface area contributed by atoms with Crippen LogP contribution in [0, 0.1) is 6.92 Å². The first-order chi connectivity index (χ1) is 12.5. The van der Waals surface area contributed by atoms with E-state index >= 15 is 0 Å². The van der Waals surface area contributed by atoms with Gasteiger partial charge in [-0.15, -0.1) is 0 Å². The third-order valence-electron chi connectivity index (χ3n) is 3.97. The fraction of sp³-hybridized carbons (Fsp3) is 0.500. The molecule has 1 aliphatic rings. The van der Waals surface area contributed by atoms with Crippen molar-refractivity contribution >= 4 is 34.1 Å². The Hall–Kier alpha value is -2.46. The Kier molecular flexibility index (Phi) is 5.84. The first-order valence-electron chi connectivity index (χ1n) is 8.49. The van der Waals surface area contributed by atoms with Gasteiger partial charge < -0.3 is 20.1 Å². The number of carbonyl (C=O) groups excluding carboxylic acids is 2. The van der Waals surface area contributed by atoms with Crippen LogP contribution in [0.25, 0.3) is 0 Å². The zero-order valence-electron chi connectivity index (χ0n) is 14.8. The summed E-state index contributed by atoms with van der Waals surface area (Å²) in [5.74, 6) is 0.917. The van der Waals surface area contributed by atoms with E-state index in [1.54, 1.807) is 24.1 Å². The van der Waals surface area contributed by atoms with Crippen LogP contribution in [-0.4, -0.2) is 71.0 Å². The standard InChI is InChI=1S/C16H22N6O3S/c1-3-17-16-18-9-12(26-16)15(24)22-6-4-21(5-7-22)10-14(23)19-13-8-11(2)25-20-13/h8-9H,3-7,10H2,1-2H3,(H,17,18)(H,19,20,23). The maximum atomic E-state index is 12.5. The maximum Gasteiger partial charge on any atom is 0.265 e. The molecule has 140 valence electrons. The number of hydrogen-bond donors (Lipinski definition) is 2. The molecule has 2 aromatic rings. The van der Waals surface area contributed by atoms with E-state index in [1.807, 2.05) is 11.8 Å². The van der Waals surface area contributed by atoms with Crippen molar-refractivity contribution in [2.75, 3.05) is 49.9 Å². The molecule has 0 bridgehead atoms. The van der Waals surface area contributed by atoms with Crippen LogP contribution in [0.15, 0.2) is 16.8 Å². The van der Waals surface area contributed by atoms with Crippen molar-refractivity contribution in [1.29, 1.82) is 0 Å². The van der Waals surface area contributed by atoms with Crippen LogP contribution in [-0.2, 0) is 4.79 Å². The highest BCUT2D eigenvalue weighted by Crippen LogP contribution is 2.20. The van der Waals surface area contributed by atoms with E-state index in [0.29, 0.717) is 42.6 Å². The number of thiazole rings is 1. The topological polar surface area (TPSA) is 104 Å². The Morgan fingerprint density at radius 2 is 2.08 bits per heavy atom. The van der Waals surface area contributed by atoms with Crippen LogP contribution in [0.3, 0.4) is 0 Å². The Bertz CT molecular complexity index is 766. The fourth-order valence-corrected chi connectivity index (χ4v) is 3.53. The summed E-state index contributed by atoms with van der Waals surface area (Å²) in [6.45, 7) is 7.26. The minimum Gasteiger partial charge on any atom is -0.362 e. The van der Waals surface area contributed by atoms with Gasteiger partial charge in [0.15, 0.2) is 10.9 Å². The molecular formula is C16H22N6O3S. The number of piperazine rings is 1. The molecule has 2 amide bonds. The van der Waals surface area contributed by atoms with Crippen molar-refractivity contribution in [3.05, 3.63) is 22.9 Å². The van der Waals surface area contributed by atoms with E-state index in [-0.39, 0.29) is 18.4 Å². The Labute approximate surface area is 155 Å². The zero-order valence-corrected chi connectivity index (χ0v) is 15.6. The summed E-state index contributed by atoms with van der Waals surface area (Å²) in [6.07, 6.45) is 1.62. The van der Waals surface area contributed by atoms with Gasteiger partial charge in [-0.25, -0.2) is 4.98 Å². The number of anilines is 2. The monoisotopic (exact) mass is 378 g/mol. The predicted octanol–water partition coefficient (Wildman–Crippen LogP) is 1.27. The smallest absolute Gasteiger partial charge is 0.265 e. The lowest BCUT2D eigenvalue weighted by Crippen LogP contribution is -2.50. The van der Waals surface area contributed by atoms with Gasteiger partial charge in [0.05, 0.1) is 12.7 Å². The second kappa shape index (κ2) is 8.28. The summed E-state index contributed by atoms with van der Waals surface area (Å²) in [6, 6.07) is 1.67. The predicted molar refractivity (Wildman–Crippen MR) is 98.5 cm³/mol. The van der Waals surface area contributed by atoms with Gasteiger partial charge in [0, 0.05) is 38.8 Å². The first-order valence-corrected chi connectivity index (χ1v) is 9.31. The molecule has 1 fully saturated rings. The number of carbonyl (C=O) groups is 2.